The monoisotopic (exact) mass is 467 g/mol. The van der Waals surface area contributed by atoms with E-state index < -0.39 is 9.84 Å². The molecule has 0 amide bonds. The molecule has 0 aromatic heterocycles. The third-order valence-electron chi connectivity index (χ3n) is 3.61. The van der Waals surface area contributed by atoms with Crippen molar-refractivity contribution in [1.29, 1.82) is 0 Å². The van der Waals surface area contributed by atoms with Gasteiger partial charge in [0.2, 0.25) is 0 Å². The Bertz CT molecular complexity index is 577. The average Bonchev–Trinajstić information content (AvgIpc) is 2.55. The van der Waals surface area contributed by atoms with Crippen LogP contribution in [0.2, 0.25) is 0 Å². The lowest BCUT2D eigenvalue weighted by Crippen LogP contribution is -2.43. The largest absolute Gasteiger partial charge is 0.355 e. The normalized spacial score (nSPS) is 13.0. The SMILES string of the molecule is CCCCCC(C)NC(=NC)NCCS(=O)(=O)c1ccccc1.I. The molecule has 24 heavy (non-hydrogen) atoms. The highest BCUT2D eigenvalue weighted by atomic mass is 127. The topological polar surface area (TPSA) is 70.6 Å². The second-order valence-corrected chi connectivity index (χ2v) is 7.78. The third kappa shape index (κ3) is 8.86. The Labute approximate surface area is 163 Å². The van der Waals surface area contributed by atoms with Crippen molar-refractivity contribution in [2.24, 2.45) is 4.99 Å². The summed E-state index contributed by atoms with van der Waals surface area (Å²) >= 11 is 0. The van der Waals surface area contributed by atoms with Gasteiger partial charge in [-0.1, -0.05) is 44.4 Å². The molecule has 0 aliphatic carbocycles. The number of benzene rings is 1. The van der Waals surface area contributed by atoms with E-state index in [9.17, 15) is 8.42 Å². The molecule has 1 unspecified atom stereocenters. The van der Waals surface area contributed by atoms with E-state index in [1.807, 2.05) is 6.07 Å². The number of halogens is 1. The molecule has 0 bridgehead atoms. The summed E-state index contributed by atoms with van der Waals surface area (Å²) in [4.78, 5) is 4.51. The number of hydrogen-bond donors (Lipinski definition) is 2. The number of sulfone groups is 1. The molecule has 0 saturated heterocycles. The fourth-order valence-electron chi connectivity index (χ4n) is 2.25. The molecule has 0 spiro atoms. The van der Waals surface area contributed by atoms with Gasteiger partial charge in [-0.05, 0) is 25.5 Å². The molecule has 1 atom stereocenters. The second-order valence-electron chi connectivity index (χ2n) is 5.67. The van der Waals surface area contributed by atoms with Crippen molar-refractivity contribution in [2.75, 3.05) is 19.3 Å². The van der Waals surface area contributed by atoms with Crippen molar-refractivity contribution < 1.29 is 8.42 Å². The van der Waals surface area contributed by atoms with Gasteiger partial charge in [0, 0.05) is 19.6 Å². The molecule has 1 rings (SSSR count). The standard InChI is InChI=1S/C17H29N3O2S.HI/c1-4-5-7-10-15(2)20-17(18-3)19-13-14-23(21,22)16-11-8-6-9-12-16;/h6,8-9,11-12,15H,4-5,7,10,13-14H2,1-3H3,(H2,18,19,20);1H. The van der Waals surface area contributed by atoms with Gasteiger partial charge in [-0.15, -0.1) is 24.0 Å². The van der Waals surface area contributed by atoms with Gasteiger partial charge < -0.3 is 10.6 Å². The average molecular weight is 467 g/mol. The van der Waals surface area contributed by atoms with Crippen LogP contribution in [0.15, 0.2) is 40.2 Å². The highest BCUT2D eigenvalue weighted by molar-refractivity contribution is 14.0. The van der Waals surface area contributed by atoms with Crippen LogP contribution in [0.25, 0.3) is 0 Å². The summed E-state index contributed by atoms with van der Waals surface area (Å²) in [5.41, 5.74) is 0. The van der Waals surface area contributed by atoms with E-state index in [0.29, 0.717) is 23.4 Å². The summed E-state index contributed by atoms with van der Waals surface area (Å²) in [7, 11) is -1.56. The molecule has 0 aliphatic rings. The third-order valence-corrected chi connectivity index (χ3v) is 5.34. The summed E-state index contributed by atoms with van der Waals surface area (Å²) in [5, 5.41) is 6.37. The summed E-state index contributed by atoms with van der Waals surface area (Å²) in [6.07, 6.45) is 4.70. The number of guanidine groups is 1. The van der Waals surface area contributed by atoms with Gasteiger partial charge in [-0.2, -0.15) is 0 Å². The first-order chi connectivity index (χ1) is 11.0. The van der Waals surface area contributed by atoms with E-state index in [1.54, 1.807) is 31.3 Å². The van der Waals surface area contributed by atoms with Crippen molar-refractivity contribution in [3.05, 3.63) is 30.3 Å². The highest BCUT2D eigenvalue weighted by Gasteiger charge is 2.14. The van der Waals surface area contributed by atoms with Gasteiger partial charge >= 0.3 is 0 Å². The maximum Gasteiger partial charge on any atom is 0.191 e. The first-order valence-electron chi connectivity index (χ1n) is 8.24. The van der Waals surface area contributed by atoms with Crippen LogP contribution >= 0.6 is 24.0 Å². The molecule has 0 heterocycles. The van der Waals surface area contributed by atoms with Crippen LogP contribution in [0.4, 0.5) is 0 Å². The first kappa shape index (κ1) is 23.2. The lowest BCUT2D eigenvalue weighted by Gasteiger charge is -2.17. The van der Waals surface area contributed by atoms with Gasteiger partial charge in [-0.25, -0.2) is 8.42 Å². The number of unbranched alkanes of at least 4 members (excludes halogenated alkanes) is 2. The number of nitrogens with zero attached hydrogens (tertiary/aromatic N) is 1. The maximum atomic E-state index is 12.2. The van der Waals surface area contributed by atoms with Crippen molar-refractivity contribution >= 4 is 39.8 Å². The Balaban J connectivity index is 0.00000529. The van der Waals surface area contributed by atoms with E-state index in [1.165, 1.54) is 19.3 Å². The van der Waals surface area contributed by atoms with Crippen LogP contribution in [0, 0.1) is 0 Å². The summed E-state index contributed by atoms with van der Waals surface area (Å²) < 4.78 is 24.4. The van der Waals surface area contributed by atoms with Gasteiger partial charge in [0.25, 0.3) is 0 Å². The van der Waals surface area contributed by atoms with E-state index >= 15 is 0 Å². The number of aliphatic imine (C=N–C) groups is 1. The van der Waals surface area contributed by atoms with Crippen molar-refractivity contribution in [3.8, 4) is 0 Å². The summed E-state index contributed by atoms with van der Waals surface area (Å²) in [6, 6.07) is 8.84. The number of hydrogen-bond acceptors (Lipinski definition) is 3. The molecular weight excluding hydrogens is 437 g/mol. The van der Waals surface area contributed by atoms with Crippen LogP contribution in [0.5, 0.6) is 0 Å². The van der Waals surface area contributed by atoms with E-state index in [2.05, 4.69) is 29.5 Å². The fourth-order valence-corrected chi connectivity index (χ4v) is 3.43. The lowest BCUT2D eigenvalue weighted by molar-refractivity contribution is 0.547. The van der Waals surface area contributed by atoms with E-state index in [0.717, 1.165) is 6.42 Å². The molecule has 7 heteroatoms. The predicted molar refractivity (Wildman–Crippen MR) is 112 cm³/mol. The highest BCUT2D eigenvalue weighted by Crippen LogP contribution is 2.09. The van der Waals surface area contributed by atoms with Gasteiger partial charge in [0.15, 0.2) is 15.8 Å². The fraction of sp³-hybridized carbons (Fsp3) is 0.588. The quantitative estimate of drug-likeness (QED) is 0.253. The summed E-state index contributed by atoms with van der Waals surface area (Å²) in [5.74, 6) is 0.694. The molecule has 2 N–H and O–H groups in total. The zero-order chi connectivity index (χ0) is 17.1. The summed E-state index contributed by atoms with van der Waals surface area (Å²) in [6.45, 7) is 4.63. The molecule has 5 nitrogen and oxygen atoms in total. The van der Waals surface area contributed by atoms with Crippen LogP contribution in [0.1, 0.15) is 39.5 Å². The van der Waals surface area contributed by atoms with Crippen LogP contribution in [-0.2, 0) is 9.84 Å². The molecule has 0 saturated carbocycles. The molecule has 1 aromatic rings. The smallest absolute Gasteiger partial charge is 0.191 e. The zero-order valence-corrected chi connectivity index (χ0v) is 17.9. The Morgan fingerprint density at radius 1 is 1.21 bits per heavy atom. The second kappa shape index (κ2) is 12.5. The lowest BCUT2D eigenvalue weighted by atomic mass is 10.1. The minimum absolute atomic E-state index is 0. The number of rotatable bonds is 9. The molecule has 1 aromatic carbocycles. The van der Waals surface area contributed by atoms with Crippen LogP contribution in [0.3, 0.4) is 0 Å². The van der Waals surface area contributed by atoms with Gasteiger partial charge in [-0.3, -0.25) is 4.99 Å². The maximum absolute atomic E-state index is 12.2. The molecule has 0 fully saturated rings. The van der Waals surface area contributed by atoms with Crippen molar-refractivity contribution in [2.45, 2.75) is 50.5 Å². The van der Waals surface area contributed by atoms with Crippen LogP contribution < -0.4 is 10.6 Å². The minimum Gasteiger partial charge on any atom is -0.355 e. The van der Waals surface area contributed by atoms with E-state index in [4.69, 9.17) is 0 Å². The number of nitrogens with one attached hydrogen (secondary N) is 2. The van der Waals surface area contributed by atoms with Gasteiger partial charge in [0.05, 0.1) is 10.6 Å². The first-order valence-corrected chi connectivity index (χ1v) is 9.89. The Morgan fingerprint density at radius 2 is 1.88 bits per heavy atom. The predicted octanol–water partition coefficient (Wildman–Crippen LogP) is 3.21. The van der Waals surface area contributed by atoms with Crippen LogP contribution in [-0.4, -0.2) is 39.8 Å². The Kier molecular flexibility index (Phi) is 12.1. The van der Waals surface area contributed by atoms with E-state index in [-0.39, 0.29) is 29.7 Å². The Morgan fingerprint density at radius 3 is 2.46 bits per heavy atom. The van der Waals surface area contributed by atoms with Gasteiger partial charge in [0.1, 0.15) is 0 Å². The molecule has 138 valence electrons. The molecule has 0 aliphatic heterocycles. The molecule has 0 radical (unpaired) electrons. The minimum atomic E-state index is -3.26. The van der Waals surface area contributed by atoms with Crippen molar-refractivity contribution in [3.63, 3.8) is 0 Å². The zero-order valence-electron chi connectivity index (χ0n) is 14.8. The van der Waals surface area contributed by atoms with Crippen molar-refractivity contribution in [1.82, 2.24) is 10.6 Å². The molecular formula is C17H30IN3O2S. The Hall–Kier alpha value is -0.830.